The van der Waals surface area contributed by atoms with Gasteiger partial charge in [0.15, 0.2) is 5.58 Å². The van der Waals surface area contributed by atoms with E-state index in [0.29, 0.717) is 5.89 Å². The Morgan fingerprint density at radius 3 is 2.42 bits per heavy atom. The van der Waals surface area contributed by atoms with Crippen LogP contribution in [0.25, 0.3) is 33.8 Å². The number of aromatic amines is 1. The number of nitrogens with one attached hydrogen (secondary N) is 2. The normalized spacial score (nSPS) is 14.8. The molecule has 6 heteroatoms. The Bertz CT molecular complexity index is 1540. The van der Waals surface area contributed by atoms with Crippen LogP contribution in [0.3, 0.4) is 0 Å². The molecule has 36 heavy (non-hydrogen) atoms. The maximum absolute atomic E-state index is 13.5. The van der Waals surface area contributed by atoms with Gasteiger partial charge in [-0.05, 0) is 62.1 Å². The lowest BCUT2D eigenvalue weighted by atomic mass is 9.77. The fourth-order valence-corrected chi connectivity index (χ4v) is 5.28. The first-order chi connectivity index (χ1) is 17.5. The molecular weight excluding hydrogens is 448 g/mol. The third-order valence-electron chi connectivity index (χ3n) is 7.33. The zero-order valence-corrected chi connectivity index (χ0v) is 20.5. The minimum absolute atomic E-state index is 0.0684. The molecule has 6 rings (SSSR count). The molecule has 0 spiro atoms. The first kappa shape index (κ1) is 22.3. The summed E-state index contributed by atoms with van der Waals surface area (Å²) in [7, 11) is 0. The number of aryl methyl sites for hydroxylation is 2. The number of anilines is 1. The predicted octanol–water partition coefficient (Wildman–Crippen LogP) is 6.95. The number of oxazole rings is 1. The van der Waals surface area contributed by atoms with Crippen LogP contribution in [0.4, 0.5) is 5.69 Å². The first-order valence-electron chi connectivity index (χ1n) is 12.4. The summed E-state index contributed by atoms with van der Waals surface area (Å²) in [6, 6.07) is 22.2. The van der Waals surface area contributed by atoms with Crippen LogP contribution < -0.4 is 5.32 Å². The molecule has 2 heterocycles. The molecule has 0 atom stereocenters. The molecule has 0 aliphatic heterocycles. The second-order valence-corrected chi connectivity index (χ2v) is 9.82. The Balaban J connectivity index is 1.25. The minimum atomic E-state index is -0.465. The lowest BCUT2D eigenvalue weighted by Gasteiger charge is -2.28. The molecule has 3 aromatic carbocycles. The molecule has 2 N–H and O–H groups in total. The number of benzene rings is 3. The summed E-state index contributed by atoms with van der Waals surface area (Å²) >= 11 is 0. The van der Waals surface area contributed by atoms with Crippen molar-refractivity contribution in [2.45, 2.75) is 44.9 Å². The number of hydrogen-bond donors (Lipinski definition) is 2. The lowest BCUT2D eigenvalue weighted by Crippen LogP contribution is -2.38. The SMILES string of the molecule is Cc1ccc(C2(C(=O)Nc3ccc(-c4n[nH]cc4-c4nc5ccc(C)cc5o4)cc3)CCCC2)cc1. The number of H-pyrrole nitrogens is 1. The average molecular weight is 477 g/mol. The van der Waals surface area contributed by atoms with Crippen molar-refractivity contribution in [3.05, 3.63) is 89.6 Å². The van der Waals surface area contributed by atoms with E-state index in [4.69, 9.17) is 4.42 Å². The largest absolute Gasteiger partial charge is 0.436 e. The van der Waals surface area contributed by atoms with Crippen molar-refractivity contribution in [2.24, 2.45) is 0 Å². The van der Waals surface area contributed by atoms with Crippen LogP contribution in [0.1, 0.15) is 42.4 Å². The minimum Gasteiger partial charge on any atom is -0.436 e. The highest BCUT2D eigenvalue weighted by atomic mass is 16.3. The van der Waals surface area contributed by atoms with E-state index in [2.05, 4.69) is 51.7 Å². The van der Waals surface area contributed by atoms with Crippen LogP contribution in [0.5, 0.6) is 0 Å². The highest BCUT2D eigenvalue weighted by Crippen LogP contribution is 2.42. The maximum atomic E-state index is 13.5. The van der Waals surface area contributed by atoms with Crippen LogP contribution in [0.2, 0.25) is 0 Å². The molecule has 180 valence electrons. The first-order valence-corrected chi connectivity index (χ1v) is 12.4. The van der Waals surface area contributed by atoms with E-state index in [1.54, 1.807) is 6.20 Å². The summed E-state index contributed by atoms with van der Waals surface area (Å²) in [6.07, 6.45) is 5.68. The molecule has 0 saturated heterocycles. The molecule has 1 aliphatic carbocycles. The van der Waals surface area contributed by atoms with Crippen molar-refractivity contribution in [2.75, 3.05) is 5.32 Å². The summed E-state index contributed by atoms with van der Waals surface area (Å²) < 4.78 is 6.02. The van der Waals surface area contributed by atoms with E-state index in [-0.39, 0.29) is 5.91 Å². The molecule has 0 radical (unpaired) electrons. The molecule has 0 bridgehead atoms. The van der Waals surface area contributed by atoms with Crippen molar-refractivity contribution in [1.82, 2.24) is 15.2 Å². The van der Waals surface area contributed by atoms with E-state index >= 15 is 0 Å². The molecule has 1 saturated carbocycles. The van der Waals surface area contributed by atoms with Crippen LogP contribution in [-0.4, -0.2) is 21.1 Å². The molecule has 5 aromatic rings. The molecular formula is C30H28N4O2. The number of hydrogen-bond acceptors (Lipinski definition) is 4. The van der Waals surface area contributed by atoms with Crippen LogP contribution in [0.15, 0.2) is 77.3 Å². The second-order valence-electron chi connectivity index (χ2n) is 9.82. The Labute approximate surface area is 209 Å². The fourth-order valence-electron chi connectivity index (χ4n) is 5.28. The van der Waals surface area contributed by atoms with Crippen LogP contribution in [-0.2, 0) is 10.2 Å². The summed E-state index contributed by atoms with van der Waals surface area (Å²) in [5.41, 5.74) is 7.77. The standard InChI is InChI=1S/C30H28N4O2/c1-19-5-10-22(11-6-19)30(15-3-4-16-30)29(35)32-23-12-8-21(9-13-23)27-24(18-31-34-27)28-33-25-14-7-20(2)17-26(25)36-28/h5-14,17-18H,3-4,15-16H2,1-2H3,(H,31,34)(H,32,35). The second kappa shape index (κ2) is 8.79. The quantitative estimate of drug-likeness (QED) is 0.287. The van der Waals surface area contributed by atoms with Crippen LogP contribution in [0, 0.1) is 13.8 Å². The molecule has 1 amide bonds. The molecule has 2 aromatic heterocycles. The summed E-state index contributed by atoms with van der Waals surface area (Å²) in [5, 5.41) is 10.6. The van der Waals surface area contributed by atoms with Crippen LogP contribution >= 0.6 is 0 Å². The Morgan fingerprint density at radius 1 is 0.944 bits per heavy atom. The number of carbonyl (C=O) groups is 1. The van der Waals surface area contributed by atoms with Gasteiger partial charge in [0.05, 0.1) is 11.0 Å². The van der Waals surface area contributed by atoms with Gasteiger partial charge in [0.25, 0.3) is 0 Å². The van der Waals surface area contributed by atoms with Crippen molar-refractivity contribution in [1.29, 1.82) is 0 Å². The maximum Gasteiger partial charge on any atom is 0.235 e. The number of nitrogens with zero attached hydrogens (tertiary/aromatic N) is 2. The van der Waals surface area contributed by atoms with Gasteiger partial charge in [-0.1, -0.05) is 60.9 Å². The lowest BCUT2D eigenvalue weighted by molar-refractivity contribution is -0.121. The van der Waals surface area contributed by atoms with Gasteiger partial charge in [-0.25, -0.2) is 4.98 Å². The molecule has 1 aliphatic rings. The average Bonchev–Trinajstić information content (AvgIpc) is 3.64. The Kier molecular flexibility index (Phi) is 5.44. The third-order valence-corrected chi connectivity index (χ3v) is 7.33. The van der Waals surface area contributed by atoms with Gasteiger partial charge < -0.3 is 9.73 Å². The van der Waals surface area contributed by atoms with Gasteiger partial charge >= 0.3 is 0 Å². The van der Waals surface area contributed by atoms with Crippen molar-refractivity contribution in [3.63, 3.8) is 0 Å². The van der Waals surface area contributed by atoms with Gasteiger partial charge in [0.2, 0.25) is 11.8 Å². The van der Waals surface area contributed by atoms with E-state index < -0.39 is 5.41 Å². The highest BCUT2D eigenvalue weighted by Gasteiger charge is 2.42. The zero-order chi connectivity index (χ0) is 24.7. The highest BCUT2D eigenvalue weighted by molar-refractivity contribution is 5.99. The van der Waals surface area contributed by atoms with Gasteiger partial charge in [-0.2, -0.15) is 5.10 Å². The van der Waals surface area contributed by atoms with Gasteiger partial charge in [-0.3, -0.25) is 9.89 Å². The number of fused-ring (bicyclic) bond motifs is 1. The topological polar surface area (TPSA) is 83.8 Å². The van der Waals surface area contributed by atoms with Gasteiger partial charge in [0.1, 0.15) is 11.2 Å². The third kappa shape index (κ3) is 3.88. The number of carbonyl (C=O) groups excluding carboxylic acids is 1. The van der Waals surface area contributed by atoms with Crippen molar-refractivity contribution < 1.29 is 9.21 Å². The molecule has 6 nitrogen and oxygen atoms in total. The van der Waals surface area contributed by atoms with Gasteiger partial charge in [-0.15, -0.1) is 0 Å². The summed E-state index contributed by atoms with van der Waals surface area (Å²) in [6.45, 7) is 4.10. The van der Waals surface area contributed by atoms with Crippen molar-refractivity contribution >= 4 is 22.7 Å². The summed E-state index contributed by atoms with van der Waals surface area (Å²) in [4.78, 5) is 18.2. The van der Waals surface area contributed by atoms with Gasteiger partial charge in [0, 0.05) is 17.4 Å². The summed E-state index contributed by atoms with van der Waals surface area (Å²) in [5.74, 6) is 0.594. The Hall–Kier alpha value is -4.19. The Morgan fingerprint density at radius 2 is 1.67 bits per heavy atom. The molecule has 0 unspecified atom stereocenters. The predicted molar refractivity (Wildman–Crippen MR) is 142 cm³/mol. The number of aromatic nitrogens is 3. The molecule has 1 fully saturated rings. The zero-order valence-electron chi connectivity index (χ0n) is 20.5. The van der Waals surface area contributed by atoms with E-state index in [0.717, 1.165) is 70.4 Å². The monoisotopic (exact) mass is 476 g/mol. The van der Waals surface area contributed by atoms with Crippen molar-refractivity contribution in [3.8, 4) is 22.7 Å². The van der Waals surface area contributed by atoms with E-state index in [1.807, 2.05) is 49.4 Å². The fraction of sp³-hybridized carbons (Fsp3) is 0.233. The van der Waals surface area contributed by atoms with E-state index in [1.165, 1.54) is 5.56 Å². The smallest absolute Gasteiger partial charge is 0.235 e. The van der Waals surface area contributed by atoms with E-state index in [9.17, 15) is 4.79 Å². The number of rotatable bonds is 5. The number of amides is 1.